The number of carbonyl (C=O) groups is 1. The fraction of sp³-hybridized carbons (Fsp3) is 0.312. The highest BCUT2D eigenvalue weighted by atomic mass is 16.1. The smallest absolute Gasteiger partial charge is 0.120 e. The standard InChI is InChI=1S/C16H18O/c1-15(10-8-14-17)9-4-2-5-11-16-12-6-3-7-13-16/h3,6-7,9,12-14H,2,4,8,10H2,1H3. The molecule has 1 aromatic rings. The maximum absolute atomic E-state index is 10.2. The van der Waals surface area contributed by atoms with Gasteiger partial charge in [-0.3, -0.25) is 0 Å². The van der Waals surface area contributed by atoms with E-state index in [1.807, 2.05) is 30.3 Å². The summed E-state index contributed by atoms with van der Waals surface area (Å²) in [7, 11) is 0. The maximum atomic E-state index is 10.2. The van der Waals surface area contributed by atoms with Crippen molar-refractivity contribution < 1.29 is 4.79 Å². The van der Waals surface area contributed by atoms with Crippen molar-refractivity contribution in [2.45, 2.75) is 32.6 Å². The molecule has 0 bridgehead atoms. The minimum absolute atomic E-state index is 0.623. The molecule has 0 saturated carbocycles. The van der Waals surface area contributed by atoms with Gasteiger partial charge in [-0.2, -0.15) is 0 Å². The zero-order valence-corrected chi connectivity index (χ0v) is 10.3. The lowest BCUT2D eigenvalue weighted by atomic mass is 10.1. The number of rotatable bonds is 5. The SMILES string of the molecule is CC(=CCCC#Cc1ccccc1)CCC=O. The van der Waals surface area contributed by atoms with E-state index in [0.29, 0.717) is 6.42 Å². The van der Waals surface area contributed by atoms with Crippen LogP contribution >= 0.6 is 0 Å². The van der Waals surface area contributed by atoms with Crippen molar-refractivity contribution in [1.29, 1.82) is 0 Å². The first-order chi connectivity index (χ1) is 8.33. The lowest BCUT2D eigenvalue weighted by molar-refractivity contribution is -0.107. The fourth-order valence-corrected chi connectivity index (χ4v) is 1.47. The summed E-state index contributed by atoms with van der Waals surface area (Å²) in [6, 6.07) is 10.0. The van der Waals surface area contributed by atoms with E-state index in [2.05, 4.69) is 24.8 Å². The van der Waals surface area contributed by atoms with Crippen molar-refractivity contribution >= 4 is 6.29 Å². The third-order valence-electron chi connectivity index (χ3n) is 2.43. The highest BCUT2D eigenvalue weighted by Crippen LogP contribution is 2.04. The molecule has 0 heterocycles. The van der Waals surface area contributed by atoms with Gasteiger partial charge in [0.2, 0.25) is 0 Å². The normalized spacial score (nSPS) is 10.5. The Balaban J connectivity index is 2.29. The molecule has 0 aliphatic carbocycles. The molecule has 0 aliphatic rings. The van der Waals surface area contributed by atoms with E-state index in [4.69, 9.17) is 0 Å². The predicted octanol–water partition coefficient (Wildman–Crippen LogP) is 3.74. The fourth-order valence-electron chi connectivity index (χ4n) is 1.47. The second-order valence-corrected chi connectivity index (χ2v) is 3.96. The van der Waals surface area contributed by atoms with Gasteiger partial charge in [-0.1, -0.05) is 41.7 Å². The van der Waals surface area contributed by atoms with Crippen molar-refractivity contribution in [1.82, 2.24) is 0 Å². The molecule has 1 nitrogen and oxygen atoms in total. The van der Waals surface area contributed by atoms with Crippen LogP contribution in [0.5, 0.6) is 0 Å². The van der Waals surface area contributed by atoms with Gasteiger partial charge in [-0.25, -0.2) is 0 Å². The number of hydrogen-bond donors (Lipinski definition) is 0. The van der Waals surface area contributed by atoms with Crippen LogP contribution in [0.3, 0.4) is 0 Å². The summed E-state index contributed by atoms with van der Waals surface area (Å²) in [5.41, 5.74) is 2.34. The van der Waals surface area contributed by atoms with Gasteiger partial charge in [0.25, 0.3) is 0 Å². The van der Waals surface area contributed by atoms with Crippen molar-refractivity contribution in [2.75, 3.05) is 0 Å². The molecular formula is C16H18O. The highest BCUT2D eigenvalue weighted by molar-refractivity contribution is 5.49. The van der Waals surface area contributed by atoms with Gasteiger partial charge in [0.05, 0.1) is 0 Å². The van der Waals surface area contributed by atoms with E-state index in [0.717, 1.165) is 31.1 Å². The molecule has 0 fully saturated rings. The summed E-state index contributed by atoms with van der Waals surface area (Å²) in [5.74, 6) is 6.28. The average Bonchev–Trinajstić information content (AvgIpc) is 2.37. The zero-order valence-electron chi connectivity index (χ0n) is 10.3. The Morgan fingerprint density at radius 1 is 1.24 bits per heavy atom. The van der Waals surface area contributed by atoms with Gasteiger partial charge < -0.3 is 4.79 Å². The number of carbonyl (C=O) groups excluding carboxylic acids is 1. The van der Waals surface area contributed by atoms with Gasteiger partial charge in [0.15, 0.2) is 0 Å². The molecule has 1 heteroatoms. The molecule has 1 rings (SSSR count). The van der Waals surface area contributed by atoms with E-state index in [1.54, 1.807) is 0 Å². The lowest BCUT2D eigenvalue weighted by Gasteiger charge is -1.95. The quantitative estimate of drug-likeness (QED) is 0.323. The van der Waals surface area contributed by atoms with E-state index in [-0.39, 0.29) is 0 Å². The van der Waals surface area contributed by atoms with Crippen LogP contribution in [0.1, 0.15) is 38.2 Å². The highest BCUT2D eigenvalue weighted by Gasteiger charge is 1.88. The minimum Gasteiger partial charge on any atom is -0.303 e. The van der Waals surface area contributed by atoms with Gasteiger partial charge in [-0.15, -0.1) is 0 Å². The van der Waals surface area contributed by atoms with E-state index in [9.17, 15) is 4.79 Å². The van der Waals surface area contributed by atoms with E-state index >= 15 is 0 Å². The topological polar surface area (TPSA) is 17.1 Å². The Kier molecular flexibility index (Phi) is 6.51. The lowest BCUT2D eigenvalue weighted by Crippen LogP contribution is -1.79. The van der Waals surface area contributed by atoms with Crippen LogP contribution < -0.4 is 0 Å². The first-order valence-electron chi connectivity index (χ1n) is 5.96. The number of unbranched alkanes of at least 4 members (excludes halogenated alkanes) is 1. The predicted molar refractivity (Wildman–Crippen MR) is 71.6 cm³/mol. The Morgan fingerprint density at radius 2 is 2.00 bits per heavy atom. The second-order valence-electron chi connectivity index (χ2n) is 3.96. The molecule has 0 amide bonds. The van der Waals surface area contributed by atoms with E-state index in [1.165, 1.54) is 5.57 Å². The number of allylic oxidation sites excluding steroid dienone is 2. The molecule has 0 aromatic heterocycles. The molecule has 0 aliphatic heterocycles. The first kappa shape index (κ1) is 13.3. The van der Waals surface area contributed by atoms with Gasteiger partial charge >= 0.3 is 0 Å². The molecule has 0 radical (unpaired) electrons. The molecule has 0 saturated heterocycles. The Morgan fingerprint density at radius 3 is 2.71 bits per heavy atom. The summed E-state index contributed by atoms with van der Waals surface area (Å²) in [6.07, 6.45) is 6.46. The molecule has 0 atom stereocenters. The van der Waals surface area contributed by atoms with Crippen LogP contribution in [-0.4, -0.2) is 6.29 Å². The van der Waals surface area contributed by atoms with Gasteiger partial charge in [0.1, 0.15) is 6.29 Å². The van der Waals surface area contributed by atoms with Crippen LogP contribution in [-0.2, 0) is 4.79 Å². The van der Waals surface area contributed by atoms with Gasteiger partial charge in [0, 0.05) is 18.4 Å². The van der Waals surface area contributed by atoms with Gasteiger partial charge in [-0.05, 0) is 31.9 Å². The molecular weight excluding hydrogens is 208 g/mol. The Bertz CT molecular complexity index is 418. The van der Waals surface area contributed by atoms with E-state index < -0.39 is 0 Å². The van der Waals surface area contributed by atoms with Crippen LogP contribution in [0, 0.1) is 11.8 Å². The summed E-state index contributed by atoms with van der Waals surface area (Å²) in [4.78, 5) is 10.2. The van der Waals surface area contributed by atoms with Crippen molar-refractivity contribution in [3.8, 4) is 11.8 Å². The maximum Gasteiger partial charge on any atom is 0.120 e. The zero-order chi connectivity index (χ0) is 12.3. The molecule has 88 valence electrons. The third-order valence-corrected chi connectivity index (χ3v) is 2.43. The Hall–Kier alpha value is -1.81. The molecule has 0 spiro atoms. The molecule has 0 unspecified atom stereocenters. The largest absolute Gasteiger partial charge is 0.303 e. The van der Waals surface area contributed by atoms with Crippen molar-refractivity contribution in [3.63, 3.8) is 0 Å². The molecule has 0 N–H and O–H groups in total. The van der Waals surface area contributed by atoms with Crippen molar-refractivity contribution in [3.05, 3.63) is 47.5 Å². The first-order valence-corrected chi connectivity index (χ1v) is 5.96. The third kappa shape index (κ3) is 6.37. The molecule has 1 aromatic carbocycles. The monoisotopic (exact) mass is 226 g/mol. The second kappa shape index (κ2) is 8.35. The van der Waals surface area contributed by atoms with Crippen LogP contribution in [0.2, 0.25) is 0 Å². The Labute approximate surface area is 104 Å². The number of aldehydes is 1. The number of benzene rings is 1. The minimum atomic E-state index is 0.623. The van der Waals surface area contributed by atoms with Crippen LogP contribution in [0.25, 0.3) is 0 Å². The molecule has 17 heavy (non-hydrogen) atoms. The van der Waals surface area contributed by atoms with Crippen LogP contribution in [0.15, 0.2) is 42.0 Å². The summed E-state index contributed by atoms with van der Waals surface area (Å²) in [5, 5.41) is 0. The summed E-state index contributed by atoms with van der Waals surface area (Å²) >= 11 is 0. The summed E-state index contributed by atoms with van der Waals surface area (Å²) < 4.78 is 0. The number of hydrogen-bond acceptors (Lipinski definition) is 1. The van der Waals surface area contributed by atoms with Crippen molar-refractivity contribution in [2.24, 2.45) is 0 Å². The average molecular weight is 226 g/mol. The van der Waals surface area contributed by atoms with Crippen LogP contribution in [0.4, 0.5) is 0 Å². The summed E-state index contributed by atoms with van der Waals surface area (Å²) in [6.45, 7) is 2.06.